The van der Waals surface area contributed by atoms with Gasteiger partial charge in [0, 0.05) is 0 Å². The molecule has 1 aromatic rings. The van der Waals surface area contributed by atoms with Crippen molar-refractivity contribution in [3.8, 4) is 18.1 Å². The smallest absolute Gasteiger partial charge is 0.148 e. The largest absolute Gasteiger partial charge is 0.481 e. The highest BCUT2D eigenvalue weighted by molar-refractivity contribution is 5.29. The van der Waals surface area contributed by atoms with E-state index in [1.807, 2.05) is 12.1 Å². The molecule has 0 spiro atoms. The van der Waals surface area contributed by atoms with Crippen molar-refractivity contribution in [2.45, 2.75) is 26.7 Å². The van der Waals surface area contributed by atoms with Crippen LogP contribution in [0.1, 0.15) is 32.3 Å². The second-order valence-electron chi connectivity index (χ2n) is 4.09. The Kier molecular flexibility index (Phi) is 4.24. The molecule has 0 amide bonds. The van der Waals surface area contributed by atoms with Crippen molar-refractivity contribution in [3.63, 3.8) is 0 Å². The minimum atomic E-state index is 0.332. The monoisotopic (exact) mass is 202 g/mol. The Balaban J connectivity index is 2.68. The summed E-state index contributed by atoms with van der Waals surface area (Å²) in [5.74, 6) is 4.52. The van der Waals surface area contributed by atoms with Gasteiger partial charge in [0.25, 0.3) is 0 Å². The zero-order valence-electron chi connectivity index (χ0n) is 9.66. The number of ether oxygens (including phenoxy) is 1. The van der Waals surface area contributed by atoms with Gasteiger partial charge in [0.05, 0.1) is 0 Å². The summed E-state index contributed by atoms with van der Waals surface area (Å²) in [6.45, 7) is 7.03. The van der Waals surface area contributed by atoms with Crippen LogP contribution in [-0.2, 0) is 0 Å². The number of hydrogen-bond donors (Lipinski definition) is 0. The summed E-state index contributed by atoms with van der Waals surface area (Å²) in [5.41, 5.74) is 1.35. The summed E-state index contributed by atoms with van der Waals surface area (Å²) in [5, 5.41) is 0. The fraction of sp³-hybridized carbons (Fsp3) is 0.429. The summed E-state index contributed by atoms with van der Waals surface area (Å²) >= 11 is 0. The molecule has 1 rings (SSSR count). The summed E-state index contributed by atoms with van der Waals surface area (Å²) < 4.78 is 5.31. The Hall–Kier alpha value is -1.42. The van der Waals surface area contributed by atoms with Crippen LogP contribution >= 0.6 is 0 Å². The Labute approximate surface area is 92.5 Å². The van der Waals surface area contributed by atoms with Gasteiger partial charge in [-0.3, -0.25) is 0 Å². The van der Waals surface area contributed by atoms with E-state index in [-0.39, 0.29) is 0 Å². The summed E-state index contributed by atoms with van der Waals surface area (Å²) in [4.78, 5) is 0. The molecule has 0 saturated carbocycles. The van der Waals surface area contributed by atoms with Crippen LogP contribution < -0.4 is 4.74 Å². The molecule has 1 unspecified atom stereocenters. The first-order valence-corrected chi connectivity index (χ1v) is 5.31. The van der Waals surface area contributed by atoms with E-state index in [1.165, 1.54) is 5.56 Å². The van der Waals surface area contributed by atoms with Gasteiger partial charge in [-0.2, -0.15) is 0 Å². The molecule has 15 heavy (non-hydrogen) atoms. The van der Waals surface area contributed by atoms with Gasteiger partial charge in [-0.1, -0.05) is 38.8 Å². The molecule has 80 valence electrons. The van der Waals surface area contributed by atoms with Crippen LogP contribution in [0.25, 0.3) is 0 Å². The molecular formula is C14H18O. The van der Waals surface area contributed by atoms with Crippen LogP contribution in [0.5, 0.6) is 5.75 Å². The number of hydrogen-bond acceptors (Lipinski definition) is 1. The molecule has 1 atom stereocenters. The molecule has 1 heteroatoms. The Bertz CT molecular complexity index is 329. The molecule has 1 nitrogen and oxygen atoms in total. The van der Waals surface area contributed by atoms with Crippen molar-refractivity contribution in [2.24, 2.45) is 5.92 Å². The minimum absolute atomic E-state index is 0.332. The van der Waals surface area contributed by atoms with E-state index in [2.05, 4.69) is 38.8 Å². The average Bonchev–Trinajstić information content (AvgIpc) is 2.26. The van der Waals surface area contributed by atoms with Crippen LogP contribution in [0.4, 0.5) is 0 Å². The third kappa shape index (κ3) is 3.32. The van der Waals surface area contributed by atoms with Crippen molar-refractivity contribution < 1.29 is 4.74 Å². The predicted octanol–water partition coefficient (Wildman–Crippen LogP) is 3.46. The van der Waals surface area contributed by atoms with Gasteiger partial charge < -0.3 is 4.74 Å². The molecule has 0 fully saturated rings. The van der Waals surface area contributed by atoms with Crippen molar-refractivity contribution in [3.05, 3.63) is 29.8 Å². The molecule has 1 aromatic carbocycles. The van der Waals surface area contributed by atoms with Crippen molar-refractivity contribution in [2.75, 3.05) is 6.61 Å². The predicted molar refractivity (Wildman–Crippen MR) is 64.0 cm³/mol. The second kappa shape index (κ2) is 5.46. The summed E-state index contributed by atoms with van der Waals surface area (Å²) in [6, 6.07) is 8.17. The van der Waals surface area contributed by atoms with Gasteiger partial charge in [-0.15, -0.1) is 6.42 Å². The molecule has 0 radical (unpaired) electrons. The van der Waals surface area contributed by atoms with E-state index in [9.17, 15) is 0 Å². The Morgan fingerprint density at radius 3 is 2.27 bits per heavy atom. The molecule has 0 aliphatic carbocycles. The van der Waals surface area contributed by atoms with Crippen molar-refractivity contribution >= 4 is 0 Å². The minimum Gasteiger partial charge on any atom is -0.481 e. The van der Waals surface area contributed by atoms with Crippen LogP contribution in [0.2, 0.25) is 0 Å². The number of terminal acetylenes is 1. The molecule has 0 aromatic heterocycles. The molecule has 0 heterocycles. The fourth-order valence-electron chi connectivity index (χ4n) is 1.38. The third-order valence-corrected chi connectivity index (χ3v) is 2.73. The Morgan fingerprint density at radius 2 is 1.80 bits per heavy atom. The summed E-state index contributed by atoms with van der Waals surface area (Å²) in [6.07, 6.45) is 5.12. The normalized spacial score (nSPS) is 12.2. The van der Waals surface area contributed by atoms with Crippen LogP contribution in [0, 0.1) is 18.3 Å². The molecule has 0 saturated heterocycles. The van der Waals surface area contributed by atoms with E-state index < -0.39 is 0 Å². The lowest BCUT2D eigenvalue weighted by Gasteiger charge is -2.16. The molecule has 0 bridgehead atoms. The first-order valence-electron chi connectivity index (χ1n) is 5.31. The number of rotatable bonds is 4. The number of benzene rings is 1. The molecule has 0 aliphatic rings. The first kappa shape index (κ1) is 11.7. The van der Waals surface area contributed by atoms with Gasteiger partial charge in [0.2, 0.25) is 0 Å². The highest BCUT2D eigenvalue weighted by atomic mass is 16.5. The van der Waals surface area contributed by atoms with Crippen LogP contribution in [0.3, 0.4) is 0 Å². The Morgan fingerprint density at radius 1 is 1.20 bits per heavy atom. The fourth-order valence-corrected chi connectivity index (χ4v) is 1.38. The van der Waals surface area contributed by atoms with Gasteiger partial charge in [0.1, 0.15) is 12.4 Å². The van der Waals surface area contributed by atoms with Crippen molar-refractivity contribution in [1.29, 1.82) is 0 Å². The maximum Gasteiger partial charge on any atom is 0.148 e. The topological polar surface area (TPSA) is 9.23 Å². The zero-order valence-corrected chi connectivity index (χ0v) is 9.66. The maximum atomic E-state index is 5.31. The lowest BCUT2D eigenvalue weighted by Crippen LogP contribution is -2.02. The zero-order chi connectivity index (χ0) is 11.3. The molecular weight excluding hydrogens is 184 g/mol. The molecule has 0 aliphatic heterocycles. The van der Waals surface area contributed by atoms with Crippen LogP contribution in [-0.4, -0.2) is 6.61 Å². The maximum absolute atomic E-state index is 5.31. The average molecular weight is 202 g/mol. The van der Waals surface area contributed by atoms with Crippen molar-refractivity contribution in [1.82, 2.24) is 0 Å². The second-order valence-corrected chi connectivity index (χ2v) is 4.09. The standard InChI is InChI=1S/C14H18O/c1-5-10-15-14-8-6-13(7-9-14)12(4)11(2)3/h1,6-9,11-12H,10H2,2-4H3. The quantitative estimate of drug-likeness (QED) is 0.679. The first-order chi connectivity index (χ1) is 7.15. The van der Waals surface area contributed by atoms with E-state index in [4.69, 9.17) is 11.2 Å². The highest BCUT2D eigenvalue weighted by Gasteiger charge is 2.09. The van der Waals surface area contributed by atoms with Crippen LogP contribution in [0.15, 0.2) is 24.3 Å². The lowest BCUT2D eigenvalue weighted by atomic mass is 9.90. The van der Waals surface area contributed by atoms with Gasteiger partial charge in [0.15, 0.2) is 0 Å². The van der Waals surface area contributed by atoms with Gasteiger partial charge in [-0.25, -0.2) is 0 Å². The van der Waals surface area contributed by atoms with E-state index >= 15 is 0 Å². The van der Waals surface area contributed by atoms with Gasteiger partial charge in [-0.05, 0) is 29.5 Å². The van der Waals surface area contributed by atoms with Gasteiger partial charge >= 0.3 is 0 Å². The highest BCUT2D eigenvalue weighted by Crippen LogP contribution is 2.25. The molecule has 0 N–H and O–H groups in total. The lowest BCUT2D eigenvalue weighted by molar-refractivity contribution is 0.370. The SMILES string of the molecule is C#CCOc1ccc(C(C)C(C)C)cc1. The summed E-state index contributed by atoms with van der Waals surface area (Å²) in [7, 11) is 0. The van der Waals surface area contributed by atoms with E-state index in [1.54, 1.807) is 0 Å². The van der Waals surface area contributed by atoms with E-state index in [0.29, 0.717) is 18.4 Å². The third-order valence-electron chi connectivity index (χ3n) is 2.73. The van der Waals surface area contributed by atoms with E-state index in [0.717, 1.165) is 5.75 Å².